The van der Waals surface area contributed by atoms with Crippen LogP contribution in [-0.4, -0.2) is 17.7 Å². The van der Waals surface area contributed by atoms with Crippen LogP contribution in [0.5, 0.6) is 0 Å². The summed E-state index contributed by atoms with van der Waals surface area (Å²) in [5.74, 6) is 1.35. The van der Waals surface area contributed by atoms with Crippen LogP contribution in [0.1, 0.15) is 59.3 Å². The summed E-state index contributed by atoms with van der Waals surface area (Å²) in [6.45, 7) is 5.99. The van der Waals surface area contributed by atoms with E-state index in [9.17, 15) is 9.59 Å². The van der Waals surface area contributed by atoms with Crippen LogP contribution in [-0.2, 0) is 9.59 Å². The minimum absolute atomic E-state index is 0.0396. The molecule has 1 saturated carbocycles. The number of Topliss-reactive ketones (excluding diaryl/α,β-unsaturated/α-hetero) is 1. The Bertz CT molecular complexity index is 273. The first-order valence-electron chi connectivity index (χ1n) is 6.79. The van der Waals surface area contributed by atoms with Gasteiger partial charge in [-0.05, 0) is 31.6 Å². The number of rotatable bonds is 5. The van der Waals surface area contributed by atoms with Gasteiger partial charge < -0.3 is 10.1 Å². The number of nitrogens with one attached hydrogen (secondary N) is 1. The first kappa shape index (κ1) is 14.2. The second-order valence-electron chi connectivity index (χ2n) is 5.57. The number of ketones is 1. The molecule has 1 fully saturated rings. The molecular formula is C14H25NO2. The Morgan fingerprint density at radius 2 is 1.82 bits per heavy atom. The van der Waals surface area contributed by atoms with Crippen LogP contribution in [0, 0.1) is 11.8 Å². The Morgan fingerprint density at radius 3 is 2.41 bits per heavy atom. The topological polar surface area (TPSA) is 46.2 Å². The lowest BCUT2D eigenvalue weighted by Gasteiger charge is -2.34. The van der Waals surface area contributed by atoms with Crippen molar-refractivity contribution in [2.45, 2.75) is 65.3 Å². The Kier molecular flexibility index (Phi) is 5.66. The molecule has 0 spiro atoms. The Morgan fingerprint density at radius 1 is 1.18 bits per heavy atom. The molecule has 0 aromatic rings. The van der Waals surface area contributed by atoms with Crippen LogP contribution in [0.4, 0.5) is 0 Å². The van der Waals surface area contributed by atoms with Gasteiger partial charge in [0.2, 0.25) is 5.91 Å². The van der Waals surface area contributed by atoms with Crippen molar-refractivity contribution in [2.24, 2.45) is 11.8 Å². The van der Waals surface area contributed by atoms with Gasteiger partial charge in [-0.1, -0.05) is 26.7 Å². The lowest BCUT2D eigenvalue weighted by molar-refractivity contribution is -0.125. The van der Waals surface area contributed by atoms with Gasteiger partial charge in [0.15, 0.2) is 0 Å². The maximum atomic E-state index is 11.7. The highest BCUT2D eigenvalue weighted by Crippen LogP contribution is 2.30. The highest BCUT2D eigenvalue weighted by Gasteiger charge is 2.28. The first-order chi connectivity index (χ1) is 8.00. The molecule has 3 nitrogen and oxygen atoms in total. The molecule has 0 aromatic heterocycles. The molecule has 2 atom stereocenters. The van der Waals surface area contributed by atoms with Crippen molar-refractivity contribution in [1.82, 2.24) is 5.32 Å². The molecule has 2 unspecified atom stereocenters. The zero-order valence-electron chi connectivity index (χ0n) is 11.3. The summed E-state index contributed by atoms with van der Waals surface area (Å²) in [4.78, 5) is 22.6. The van der Waals surface area contributed by atoms with Crippen molar-refractivity contribution in [3.63, 3.8) is 0 Å². The Balaban J connectivity index is 2.41. The van der Waals surface area contributed by atoms with Crippen molar-refractivity contribution in [3.8, 4) is 0 Å². The van der Waals surface area contributed by atoms with E-state index in [2.05, 4.69) is 19.2 Å². The van der Waals surface area contributed by atoms with Gasteiger partial charge in [-0.2, -0.15) is 0 Å². The van der Waals surface area contributed by atoms with E-state index >= 15 is 0 Å². The van der Waals surface area contributed by atoms with Crippen molar-refractivity contribution >= 4 is 11.7 Å². The van der Waals surface area contributed by atoms with E-state index in [0.717, 1.165) is 6.42 Å². The molecule has 0 radical (unpaired) electrons. The average molecular weight is 239 g/mol. The lowest BCUT2D eigenvalue weighted by Crippen LogP contribution is -2.43. The van der Waals surface area contributed by atoms with E-state index < -0.39 is 0 Å². The molecule has 0 saturated heterocycles. The van der Waals surface area contributed by atoms with E-state index in [1.807, 2.05) is 0 Å². The fraction of sp³-hybridized carbons (Fsp3) is 0.857. The van der Waals surface area contributed by atoms with Crippen molar-refractivity contribution < 1.29 is 9.59 Å². The SMILES string of the molecule is CC(=O)CCC(=O)NC1CCCCC1C(C)C. The van der Waals surface area contributed by atoms with E-state index in [0.29, 0.717) is 30.7 Å². The monoisotopic (exact) mass is 239 g/mol. The number of hydrogen-bond donors (Lipinski definition) is 1. The van der Waals surface area contributed by atoms with Crippen molar-refractivity contribution in [2.75, 3.05) is 0 Å². The zero-order chi connectivity index (χ0) is 12.8. The van der Waals surface area contributed by atoms with Gasteiger partial charge in [-0.15, -0.1) is 0 Å². The van der Waals surface area contributed by atoms with Crippen LogP contribution in [0.3, 0.4) is 0 Å². The molecule has 0 aliphatic heterocycles. The second-order valence-corrected chi connectivity index (χ2v) is 5.57. The van der Waals surface area contributed by atoms with Gasteiger partial charge in [-0.25, -0.2) is 0 Å². The van der Waals surface area contributed by atoms with E-state index in [1.54, 1.807) is 0 Å². The zero-order valence-corrected chi connectivity index (χ0v) is 11.3. The molecule has 98 valence electrons. The quantitative estimate of drug-likeness (QED) is 0.801. The van der Waals surface area contributed by atoms with Gasteiger partial charge >= 0.3 is 0 Å². The maximum Gasteiger partial charge on any atom is 0.220 e. The molecular weight excluding hydrogens is 214 g/mol. The highest BCUT2D eigenvalue weighted by atomic mass is 16.2. The predicted octanol–water partition coefficient (Wildman–Crippen LogP) is 2.69. The summed E-state index contributed by atoms with van der Waals surface area (Å²) in [5.41, 5.74) is 0. The molecule has 1 aliphatic rings. The fourth-order valence-corrected chi connectivity index (χ4v) is 2.71. The average Bonchev–Trinajstić information content (AvgIpc) is 2.27. The van der Waals surface area contributed by atoms with Crippen LogP contribution >= 0.6 is 0 Å². The molecule has 1 aliphatic carbocycles. The minimum atomic E-state index is 0.0396. The normalized spacial score (nSPS) is 24.7. The van der Waals surface area contributed by atoms with Crippen LogP contribution in [0.15, 0.2) is 0 Å². The Labute approximate surface area is 104 Å². The van der Waals surface area contributed by atoms with Crippen molar-refractivity contribution in [3.05, 3.63) is 0 Å². The third-order valence-corrected chi connectivity index (χ3v) is 3.73. The number of carbonyl (C=O) groups excluding carboxylic acids is 2. The van der Waals surface area contributed by atoms with Crippen LogP contribution < -0.4 is 5.32 Å². The summed E-state index contributed by atoms with van der Waals surface area (Å²) in [7, 11) is 0. The Hall–Kier alpha value is -0.860. The minimum Gasteiger partial charge on any atom is -0.353 e. The summed E-state index contributed by atoms with van der Waals surface area (Å²) in [6, 6.07) is 0.322. The van der Waals surface area contributed by atoms with Crippen LogP contribution in [0.25, 0.3) is 0 Å². The molecule has 1 amide bonds. The number of carbonyl (C=O) groups is 2. The van der Waals surface area contributed by atoms with E-state index in [1.165, 1.54) is 26.2 Å². The summed E-state index contributed by atoms with van der Waals surface area (Å²) < 4.78 is 0. The third-order valence-electron chi connectivity index (χ3n) is 3.73. The lowest BCUT2D eigenvalue weighted by atomic mass is 9.78. The molecule has 3 heteroatoms. The van der Waals surface area contributed by atoms with Gasteiger partial charge in [-0.3, -0.25) is 4.79 Å². The van der Waals surface area contributed by atoms with E-state index in [-0.39, 0.29) is 11.7 Å². The van der Waals surface area contributed by atoms with Gasteiger partial charge in [0.25, 0.3) is 0 Å². The largest absolute Gasteiger partial charge is 0.353 e. The number of amides is 1. The smallest absolute Gasteiger partial charge is 0.220 e. The highest BCUT2D eigenvalue weighted by molar-refractivity contribution is 5.83. The van der Waals surface area contributed by atoms with Gasteiger partial charge in [0.1, 0.15) is 5.78 Å². The van der Waals surface area contributed by atoms with Gasteiger partial charge in [0.05, 0.1) is 0 Å². The fourth-order valence-electron chi connectivity index (χ4n) is 2.71. The third kappa shape index (κ3) is 4.88. The molecule has 1 N–H and O–H groups in total. The molecule has 0 aromatic carbocycles. The molecule has 0 bridgehead atoms. The summed E-state index contributed by atoms with van der Waals surface area (Å²) in [6.07, 6.45) is 5.51. The first-order valence-corrected chi connectivity index (χ1v) is 6.79. The summed E-state index contributed by atoms with van der Waals surface area (Å²) in [5, 5.41) is 3.11. The number of hydrogen-bond acceptors (Lipinski definition) is 2. The second kappa shape index (κ2) is 6.77. The molecule has 17 heavy (non-hydrogen) atoms. The standard InChI is InChI=1S/C14H25NO2/c1-10(2)12-6-4-5-7-13(12)15-14(17)9-8-11(3)16/h10,12-13H,4-9H2,1-3H3,(H,15,17). The maximum absolute atomic E-state index is 11.7. The van der Waals surface area contributed by atoms with Crippen molar-refractivity contribution in [1.29, 1.82) is 0 Å². The van der Waals surface area contributed by atoms with Crippen LogP contribution in [0.2, 0.25) is 0 Å². The van der Waals surface area contributed by atoms with Gasteiger partial charge in [0, 0.05) is 18.9 Å². The summed E-state index contributed by atoms with van der Waals surface area (Å²) >= 11 is 0. The predicted molar refractivity (Wildman–Crippen MR) is 68.6 cm³/mol. The van der Waals surface area contributed by atoms with E-state index in [4.69, 9.17) is 0 Å². The molecule has 0 heterocycles. The molecule has 1 rings (SSSR count).